The second-order valence-corrected chi connectivity index (χ2v) is 15.9. The van der Waals surface area contributed by atoms with E-state index in [1.54, 1.807) is 18.2 Å². The number of ether oxygens (including phenoxy) is 2. The molecule has 0 saturated carbocycles. The third-order valence-electron chi connectivity index (χ3n) is 10.4. The number of benzene rings is 6. The summed E-state index contributed by atoms with van der Waals surface area (Å²) in [6, 6.07) is 31.0. The molecule has 0 aliphatic carbocycles. The number of phenols is 2. The van der Waals surface area contributed by atoms with Gasteiger partial charge in [0.25, 0.3) is 12.4 Å². The Labute approximate surface area is 414 Å². The smallest absolute Gasteiger partial charge is 0.335 e. The fraction of sp³-hybridized carbons (Fsp3) is 0.170. The topological polar surface area (TPSA) is 314 Å². The average molecular weight is 983 g/mol. The van der Waals surface area contributed by atoms with Crippen LogP contribution in [0.5, 0.6) is 23.0 Å². The van der Waals surface area contributed by atoms with Crippen LogP contribution < -0.4 is 31.3 Å². The molecule has 72 heavy (non-hydrogen) atoms. The van der Waals surface area contributed by atoms with E-state index in [4.69, 9.17) is 46.4 Å². The van der Waals surface area contributed by atoms with Crippen molar-refractivity contribution in [2.75, 3.05) is 42.1 Å². The predicted molar refractivity (Wildman–Crippen MR) is 278 cm³/mol. The van der Waals surface area contributed by atoms with Crippen LogP contribution in [0.3, 0.4) is 0 Å². The van der Waals surface area contributed by atoms with Crippen LogP contribution in [0, 0.1) is 35.9 Å². The van der Waals surface area contributed by atoms with Crippen LogP contribution in [0.4, 0.5) is 27.1 Å². The summed E-state index contributed by atoms with van der Waals surface area (Å²) in [4.78, 5) is 41.8. The Hall–Kier alpha value is -9.39. The maximum atomic E-state index is 13.9. The Balaban J connectivity index is 0.000000211. The number of hydrogen-bond donors (Lipinski definition) is 11. The van der Waals surface area contributed by atoms with Crippen LogP contribution in [0.25, 0.3) is 22.3 Å². The minimum atomic E-state index is -1.15. The third kappa shape index (κ3) is 15.6. The number of carboxylic acid groups (broad SMARTS) is 2. The Kier molecular flexibility index (Phi) is 20.2. The lowest BCUT2D eigenvalue weighted by atomic mass is 10.00. The number of aldehydes is 1. The number of halogens is 1. The number of rotatable bonds is 11. The molecule has 0 bridgehead atoms. The number of aromatic carboxylic acids is 1. The van der Waals surface area contributed by atoms with Crippen molar-refractivity contribution in [3.63, 3.8) is 0 Å². The van der Waals surface area contributed by atoms with Crippen LogP contribution in [-0.2, 0) is 27.2 Å². The monoisotopic (exact) mass is 982 g/mol. The minimum absolute atomic E-state index is 0.0173. The predicted octanol–water partition coefficient (Wildman–Crippen LogP) is 9.14. The van der Waals surface area contributed by atoms with Crippen LogP contribution in [0.15, 0.2) is 114 Å². The highest BCUT2D eigenvalue weighted by molar-refractivity contribution is 6.66. The molecule has 0 atom stereocenters. The van der Waals surface area contributed by atoms with E-state index in [-0.39, 0.29) is 57.6 Å². The van der Waals surface area contributed by atoms with Crippen molar-refractivity contribution in [1.82, 2.24) is 0 Å². The summed E-state index contributed by atoms with van der Waals surface area (Å²) in [5.74, 6) is -0.735. The molecule has 0 unspecified atom stereocenters. The zero-order chi connectivity index (χ0) is 53.1. The summed E-state index contributed by atoms with van der Waals surface area (Å²) in [5.41, 5.74) is 16.2. The molecule has 0 fully saturated rings. The lowest BCUT2D eigenvalue weighted by molar-refractivity contribution is -0.123. The second-order valence-electron chi connectivity index (χ2n) is 15.9. The number of phenolic OH excluding ortho intramolecular Hbond substituents is 2. The number of nitrogen functional groups attached to an aromatic ring is 1. The van der Waals surface area contributed by atoms with Crippen LogP contribution >= 0.6 is 0 Å². The van der Waals surface area contributed by atoms with E-state index < -0.39 is 17.7 Å². The fourth-order valence-corrected chi connectivity index (χ4v) is 6.85. The molecule has 8 rings (SSSR count). The first-order valence-corrected chi connectivity index (χ1v) is 21.9. The lowest BCUT2D eigenvalue weighted by Crippen LogP contribution is -2.27. The van der Waals surface area contributed by atoms with E-state index in [2.05, 4.69) is 27.2 Å². The molecule has 12 N–H and O–H groups in total. The molecule has 2 heterocycles. The molecule has 19 heteroatoms. The molecule has 0 aromatic heterocycles. The van der Waals surface area contributed by atoms with Crippen molar-refractivity contribution < 1.29 is 53.5 Å². The third-order valence-corrected chi connectivity index (χ3v) is 10.4. The number of aryl methyl sites for hydroxylation is 2. The molecular formula is C53H55FN8O10. The number of carbonyl (C=O) groups excluding carboxylic acids is 2. The number of carboxylic acids is 1. The van der Waals surface area contributed by atoms with Crippen molar-refractivity contribution in [2.45, 2.75) is 40.5 Å². The molecule has 0 radical (unpaired) electrons. The molecule has 0 spiro atoms. The number of anilines is 4. The number of hydrogen-bond acceptors (Lipinski definition) is 15. The highest BCUT2D eigenvalue weighted by atomic mass is 19.1. The van der Waals surface area contributed by atoms with Gasteiger partial charge in [0.05, 0.1) is 35.9 Å². The van der Waals surface area contributed by atoms with Crippen molar-refractivity contribution in [2.24, 2.45) is 5.10 Å². The van der Waals surface area contributed by atoms with Gasteiger partial charge in [-0.1, -0.05) is 42.0 Å². The number of carbonyl (C=O) groups is 4. The number of aromatic hydroxyl groups is 2. The van der Waals surface area contributed by atoms with Crippen LogP contribution in [0.2, 0.25) is 0 Å². The van der Waals surface area contributed by atoms with Gasteiger partial charge in [-0.15, -0.1) is 0 Å². The Morgan fingerprint density at radius 3 is 1.86 bits per heavy atom. The van der Waals surface area contributed by atoms with Gasteiger partial charge in [0.2, 0.25) is 0 Å². The summed E-state index contributed by atoms with van der Waals surface area (Å²) in [6.45, 7) is 8.01. The average Bonchev–Trinajstić information content (AvgIpc) is 4.04. The fourth-order valence-electron chi connectivity index (χ4n) is 6.85. The van der Waals surface area contributed by atoms with E-state index in [1.165, 1.54) is 43.7 Å². The number of nitrogens with one attached hydrogen (secondary N) is 6. The molecule has 2 aliphatic heterocycles. The molecule has 374 valence electrons. The van der Waals surface area contributed by atoms with E-state index in [9.17, 15) is 29.0 Å². The molecule has 2 aliphatic rings. The minimum Gasteiger partial charge on any atom is -0.505 e. The van der Waals surface area contributed by atoms with Crippen LogP contribution in [-0.4, -0.2) is 88.2 Å². The molecule has 18 nitrogen and oxygen atoms in total. The van der Waals surface area contributed by atoms with Gasteiger partial charge < -0.3 is 57.1 Å². The zero-order valence-electron chi connectivity index (χ0n) is 40.0. The first-order chi connectivity index (χ1) is 34.3. The number of nitrogens with two attached hydrogens (primary N) is 1. The van der Waals surface area contributed by atoms with Gasteiger partial charge >= 0.3 is 5.97 Å². The summed E-state index contributed by atoms with van der Waals surface area (Å²) in [7, 11) is 1.93. The van der Waals surface area contributed by atoms with Crippen molar-refractivity contribution in [1.29, 1.82) is 16.2 Å². The maximum absolute atomic E-state index is 13.9. The first-order valence-electron chi connectivity index (χ1n) is 21.9. The van der Waals surface area contributed by atoms with Gasteiger partial charge in [0.15, 0.2) is 6.29 Å². The van der Waals surface area contributed by atoms with Crippen molar-refractivity contribution >= 4 is 70.2 Å². The van der Waals surface area contributed by atoms with Gasteiger partial charge in [0.1, 0.15) is 45.9 Å². The van der Waals surface area contributed by atoms with E-state index in [1.807, 2.05) is 69.4 Å². The maximum Gasteiger partial charge on any atom is 0.335 e. The van der Waals surface area contributed by atoms with Gasteiger partial charge in [-0.3, -0.25) is 25.2 Å². The van der Waals surface area contributed by atoms with Crippen LogP contribution in [0.1, 0.15) is 46.5 Å². The number of nitrogens with zero attached hydrogens (tertiary/aromatic N) is 1. The van der Waals surface area contributed by atoms with Gasteiger partial charge in [-0.05, 0) is 122 Å². The summed E-state index contributed by atoms with van der Waals surface area (Å²) >= 11 is 0. The van der Waals surface area contributed by atoms with E-state index >= 15 is 0 Å². The molecule has 0 saturated heterocycles. The molecule has 6 aromatic carbocycles. The van der Waals surface area contributed by atoms with Gasteiger partial charge in [-0.2, -0.15) is 5.10 Å². The SMILES string of the molecule is CC(=N)/C(C=O)=N/Nc1cc(F)cc(-c2cccc(C(=O)O)c2)c1O.CC(=N)C(=N)C(=O)Nc1ccc2c(c1)CCO2.CNc1ccc2c(c1)CCO2.Cc1cccc(-c2cc(C)cc(N)c2O)c1.O=CO. The molecule has 6 aromatic rings. The summed E-state index contributed by atoms with van der Waals surface area (Å²) < 4.78 is 24.6. The van der Waals surface area contributed by atoms with Gasteiger partial charge in [-0.25, -0.2) is 9.18 Å². The highest BCUT2D eigenvalue weighted by Crippen LogP contribution is 2.38. The standard InChI is InChI=1S/C17H14FN3O4.C14H15NO.C12H13N3O2.C9H11NO.CH2O2/c1-9(19)15(8-22)21-20-14-7-12(18)6-13(16(14)23)10-3-2-4-11(5-10)17(24)25;1-9-4-3-5-11(6-9)12-7-10(2)8-13(15)14(12)16;1-7(13)11(14)12(16)15-9-2-3-10-8(6-9)4-5-17-10;1-10-8-2-3-9-7(6-8)4-5-11-9;2-1-3/h2-8,19-20,23H,1H3,(H,24,25);3-8,16H,15H2,1-2H3;2-3,6,13-14H,4-5H2,1H3,(H,15,16);2-3,6,10H,4-5H2,1H3;1H,(H,2,3)/b19-9?,21-15+;;;;. The largest absolute Gasteiger partial charge is 0.505 e. The Bertz CT molecular complexity index is 3030. The van der Waals surface area contributed by atoms with E-state index in [0.29, 0.717) is 29.8 Å². The first kappa shape index (κ1) is 55.2. The number of fused-ring (bicyclic) bond motifs is 2. The zero-order valence-corrected chi connectivity index (χ0v) is 40.0. The second kappa shape index (κ2) is 26.4. The number of amides is 1. The molecule has 1 amide bonds. The van der Waals surface area contributed by atoms with Gasteiger partial charge in [0, 0.05) is 48.5 Å². The Morgan fingerprint density at radius 1 is 0.736 bits per heavy atom. The quantitative estimate of drug-likeness (QED) is 0.0190. The lowest BCUT2D eigenvalue weighted by Gasteiger charge is -2.11. The normalized spacial score (nSPS) is 11.4. The Morgan fingerprint density at radius 2 is 1.31 bits per heavy atom. The van der Waals surface area contributed by atoms with E-state index in [0.717, 1.165) is 76.6 Å². The summed E-state index contributed by atoms with van der Waals surface area (Å²) in [6.07, 6.45) is 2.23. The number of hydrazone groups is 1. The van der Waals surface area contributed by atoms with Crippen molar-refractivity contribution in [3.05, 3.63) is 143 Å². The van der Waals surface area contributed by atoms with Crippen molar-refractivity contribution in [3.8, 4) is 45.3 Å². The highest BCUT2D eigenvalue weighted by Gasteiger charge is 2.17. The summed E-state index contributed by atoms with van der Waals surface area (Å²) in [5, 5.41) is 67.5. The molecular weight excluding hydrogens is 928 g/mol.